The number of hydrogen-bond acceptors (Lipinski definition) is 7. The lowest BCUT2D eigenvalue weighted by Crippen LogP contribution is -2.21. The van der Waals surface area contributed by atoms with Gasteiger partial charge in [0.2, 0.25) is 0 Å². The molecule has 0 radical (unpaired) electrons. The van der Waals surface area contributed by atoms with E-state index in [1.165, 1.54) is 42.9 Å². The van der Waals surface area contributed by atoms with Crippen molar-refractivity contribution in [1.29, 1.82) is 0 Å². The molecule has 2 aromatic heterocycles. The van der Waals surface area contributed by atoms with Crippen LogP contribution in [0, 0.1) is 10.1 Å². The van der Waals surface area contributed by atoms with Crippen LogP contribution in [0.1, 0.15) is 15.9 Å². The first-order valence-electron chi connectivity index (χ1n) is 8.70. The Balaban J connectivity index is 1.72. The van der Waals surface area contributed by atoms with Crippen LogP contribution in [0.3, 0.4) is 0 Å². The molecule has 0 atom stereocenters. The summed E-state index contributed by atoms with van der Waals surface area (Å²) in [4.78, 5) is 34.5. The lowest BCUT2D eigenvalue weighted by molar-refractivity contribution is -0.384. The van der Waals surface area contributed by atoms with Gasteiger partial charge in [-0.15, -0.1) is 0 Å². The molecule has 0 spiro atoms. The molecule has 3 aromatic rings. The van der Waals surface area contributed by atoms with Crippen molar-refractivity contribution in [2.24, 2.45) is 10.1 Å². The Kier molecular flexibility index (Phi) is 6.88. The smallest absolute Gasteiger partial charge is 0.271 e. The van der Waals surface area contributed by atoms with Gasteiger partial charge in [-0.2, -0.15) is 5.10 Å². The zero-order valence-corrected chi connectivity index (χ0v) is 15.6. The van der Waals surface area contributed by atoms with Crippen LogP contribution in [0.25, 0.3) is 0 Å². The first-order valence-corrected chi connectivity index (χ1v) is 8.70. The molecule has 0 saturated carbocycles. The molecule has 0 fully saturated rings. The second-order valence-electron chi connectivity index (χ2n) is 5.79. The largest absolute Gasteiger partial charge is 0.486 e. The predicted molar refractivity (Wildman–Crippen MR) is 110 cm³/mol. The number of amides is 1. The minimum absolute atomic E-state index is 0.0459. The van der Waals surface area contributed by atoms with Gasteiger partial charge in [0.1, 0.15) is 12.4 Å². The number of nitro benzene ring substituents is 1. The Morgan fingerprint density at radius 1 is 1.10 bits per heavy atom. The van der Waals surface area contributed by atoms with E-state index in [2.05, 4.69) is 25.5 Å². The number of pyridine rings is 2. The zero-order chi connectivity index (χ0) is 21.2. The van der Waals surface area contributed by atoms with Crippen LogP contribution in [0.5, 0.6) is 5.75 Å². The number of non-ortho nitro benzene ring substituents is 1. The summed E-state index contributed by atoms with van der Waals surface area (Å²) in [5.41, 5.74) is 3.50. The van der Waals surface area contributed by atoms with Gasteiger partial charge in [0.15, 0.2) is 5.84 Å². The molecule has 0 unspecified atom stereocenters. The van der Waals surface area contributed by atoms with E-state index >= 15 is 0 Å². The van der Waals surface area contributed by atoms with E-state index in [4.69, 9.17) is 4.74 Å². The van der Waals surface area contributed by atoms with Crippen LogP contribution in [-0.4, -0.2) is 39.5 Å². The molecule has 10 nitrogen and oxygen atoms in total. The molecule has 1 aromatic carbocycles. The second kappa shape index (κ2) is 10.2. The number of nitrogens with one attached hydrogen (secondary N) is 1. The number of benzene rings is 1. The highest BCUT2D eigenvalue weighted by Gasteiger charge is 2.07. The number of hydrazone groups is 1. The van der Waals surface area contributed by atoms with Gasteiger partial charge in [-0.1, -0.05) is 6.07 Å². The molecule has 2 heterocycles. The monoisotopic (exact) mass is 404 g/mol. The van der Waals surface area contributed by atoms with E-state index in [0.717, 1.165) is 5.56 Å². The summed E-state index contributed by atoms with van der Waals surface area (Å²) in [6.07, 6.45) is 7.78. The highest BCUT2D eigenvalue weighted by Crippen LogP contribution is 2.17. The molecule has 10 heteroatoms. The number of aromatic nitrogens is 2. The first kappa shape index (κ1) is 20.3. The third-order valence-electron chi connectivity index (χ3n) is 3.69. The van der Waals surface area contributed by atoms with E-state index in [0.29, 0.717) is 11.3 Å². The fraction of sp³-hybridized carbons (Fsp3) is 0.0500. The molecule has 0 aliphatic rings. The molecule has 1 amide bonds. The quantitative estimate of drug-likeness (QED) is 0.279. The van der Waals surface area contributed by atoms with Crippen molar-refractivity contribution in [3.05, 3.63) is 94.6 Å². The zero-order valence-electron chi connectivity index (χ0n) is 15.6. The molecule has 0 aliphatic heterocycles. The maximum absolute atomic E-state index is 12.2. The number of carbonyl (C=O) groups excluding carboxylic acids is 1. The van der Waals surface area contributed by atoms with Gasteiger partial charge < -0.3 is 4.74 Å². The van der Waals surface area contributed by atoms with Crippen LogP contribution in [0.15, 0.2) is 83.4 Å². The van der Waals surface area contributed by atoms with Crippen molar-refractivity contribution in [2.75, 3.05) is 6.61 Å². The molecular weight excluding hydrogens is 388 g/mol. The predicted octanol–water partition coefficient (Wildman–Crippen LogP) is 2.63. The Morgan fingerprint density at radius 3 is 2.53 bits per heavy atom. The standard InChI is InChI=1S/C20H16N6O4/c27-20(16-7-10-21-11-8-16)25-24-19(23-13-15-2-1-9-22-12-15)14-30-18-5-3-17(4-6-18)26(28)29/h1-13H,14H2,(H,25,27)/b23-13?,24-19-. The average Bonchev–Trinajstić information content (AvgIpc) is 2.80. The maximum atomic E-state index is 12.2. The number of ether oxygens (including phenoxy) is 1. The SMILES string of the molecule is O=C(N/N=C(/COc1ccc([N+](=O)[O-])cc1)N=Cc1cccnc1)c1ccncc1. The lowest BCUT2D eigenvalue weighted by Gasteiger charge is -2.06. The molecule has 3 rings (SSSR count). The topological polar surface area (TPSA) is 132 Å². The molecule has 0 bridgehead atoms. The van der Waals surface area contributed by atoms with Crippen LogP contribution < -0.4 is 10.2 Å². The molecule has 0 aliphatic carbocycles. The summed E-state index contributed by atoms with van der Waals surface area (Å²) < 4.78 is 5.59. The number of hydrogen-bond donors (Lipinski definition) is 1. The van der Waals surface area contributed by atoms with Crippen LogP contribution in [-0.2, 0) is 0 Å². The third-order valence-corrected chi connectivity index (χ3v) is 3.69. The van der Waals surface area contributed by atoms with Crippen molar-refractivity contribution in [2.45, 2.75) is 0 Å². The van der Waals surface area contributed by atoms with Gasteiger partial charge in [0, 0.05) is 54.3 Å². The molecule has 30 heavy (non-hydrogen) atoms. The van der Waals surface area contributed by atoms with E-state index < -0.39 is 10.8 Å². The van der Waals surface area contributed by atoms with Gasteiger partial charge in [-0.05, 0) is 30.3 Å². The van der Waals surface area contributed by atoms with Crippen molar-refractivity contribution < 1.29 is 14.5 Å². The molecular formula is C20H16N6O4. The van der Waals surface area contributed by atoms with Crippen molar-refractivity contribution in [1.82, 2.24) is 15.4 Å². The summed E-state index contributed by atoms with van der Waals surface area (Å²) in [6, 6.07) is 12.3. The normalized spacial score (nSPS) is 11.3. The highest BCUT2D eigenvalue weighted by molar-refractivity contribution is 5.98. The van der Waals surface area contributed by atoms with Crippen molar-refractivity contribution in [3.63, 3.8) is 0 Å². The molecule has 1 N–H and O–H groups in total. The van der Waals surface area contributed by atoms with Crippen molar-refractivity contribution >= 4 is 23.6 Å². The fourth-order valence-corrected chi connectivity index (χ4v) is 2.19. The first-order chi connectivity index (χ1) is 14.6. The number of nitro groups is 1. The number of aliphatic imine (C=N–C) groups is 1. The summed E-state index contributed by atoms with van der Waals surface area (Å²) in [5.74, 6) is 0.145. The summed E-state index contributed by atoms with van der Waals surface area (Å²) >= 11 is 0. The number of carbonyl (C=O) groups is 1. The molecule has 150 valence electrons. The average molecular weight is 404 g/mol. The van der Waals surface area contributed by atoms with E-state index in [1.807, 2.05) is 0 Å². The Labute approximate surface area is 171 Å². The number of rotatable bonds is 7. The third kappa shape index (κ3) is 6.02. The van der Waals surface area contributed by atoms with Crippen molar-refractivity contribution in [3.8, 4) is 5.75 Å². The van der Waals surface area contributed by atoms with E-state index in [1.54, 1.807) is 36.7 Å². The van der Waals surface area contributed by atoms with Crippen LogP contribution in [0.2, 0.25) is 0 Å². The lowest BCUT2D eigenvalue weighted by atomic mass is 10.3. The van der Waals surface area contributed by atoms with E-state index in [9.17, 15) is 14.9 Å². The maximum Gasteiger partial charge on any atom is 0.271 e. The van der Waals surface area contributed by atoms with Gasteiger partial charge in [0.05, 0.1) is 4.92 Å². The van der Waals surface area contributed by atoms with E-state index in [-0.39, 0.29) is 18.1 Å². The minimum Gasteiger partial charge on any atom is -0.486 e. The van der Waals surface area contributed by atoms with Gasteiger partial charge in [-0.3, -0.25) is 24.9 Å². The summed E-state index contributed by atoms with van der Waals surface area (Å²) in [7, 11) is 0. The Bertz CT molecular complexity index is 1050. The van der Waals surface area contributed by atoms with Gasteiger partial charge >= 0.3 is 0 Å². The molecule has 0 saturated heterocycles. The Hall–Kier alpha value is -4.47. The van der Waals surface area contributed by atoms with Crippen LogP contribution in [0.4, 0.5) is 5.69 Å². The minimum atomic E-state index is -0.497. The van der Waals surface area contributed by atoms with Gasteiger partial charge in [-0.25, -0.2) is 10.4 Å². The summed E-state index contributed by atoms with van der Waals surface area (Å²) in [5, 5.41) is 14.8. The van der Waals surface area contributed by atoms with Gasteiger partial charge in [0.25, 0.3) is 11.6 Å². The Morgan fingerprint density at radius 2 is 1.87 bits per heavy atom. The highest BCUT2D eigenvalue weighted by atomic mass is 16.6. The van der Waals surface area contributed by atoms with Crippen LogP contribution >= 0.6 is 0 Å². The number of amidine groups is 1. The summed E-state index contributed by atoms with van der Waals surface area (Å²) in [6.45, 7) is -0.0782. The second-order valence-corrected chi connectivity index (χ2v) is 5.79. The number of nitrogens with zero attached hydrogens (tertiary/aromatic N) is 5. The fourth-order valence-electron chi connectivity index (χ4n) is 2.19.